The van der Waals surface area contributed by atoms with Crippen molar-refractivity contribution in [3.05, 3.63) is 0 Å². The van der Waals surface area contributed by atoms with Crippen molar-refractivity contribution in [2.24, 2.45) is 0 Å². The van der Waals surface area contributed by atoms with Crippen molar-refractivity contribution in [1.82, 2.24) is 0 Å². The van der Waals surface area contributed by atoms with Gasteiger partial charge in [-0.3, -0.25) is 0 Å². The molecule has 5 atom stereocenters. The van der Waals surface area contributed by atoms with Gasteiger partial charge in [0.25, 0.3) is 0 Å². The maximum absolute atomic E-state index is 10.8. The minimum atomic E-state index is -3.07. The Bertz CT molecular complexity index is 361. The van der Waals surface area contributed by atoms with Crippen molar-refractivity contribution in [2.45, 2.75) is 63.2 Å². The Balaban J connectivity index is 2.92. The van der Waals surface area contributed by atoms with Crippen molar-refractivity contribution >= 4 is 24.4 Å². The van der Waals surface area contributed by atoms with E-state index in [1.165, 1.54) is 0 Å². The van der Waals surface area contributed by atoms with Gasteiger partial charge in [-0.05, 0) is 22.7 Å². The second kappa shape index (κ2) is 6.52. The van der Waals surface area contributed by atoms with Crippen LogP contribution in [0.2, 0.25) is 18.1 Å². The van der Waals surface area contributed by atoms with Gasteiger partial charge in [-0.1, -0.05) is 20.8 Å². The Morgan fingerprint density at radius 1 is 1.40 bits per heavy atom. The Hall–Kier alpha value is 0.182. The highest BCUT2D eigenvalue weighted by atomic mass is 31.1. The summed E-state index contributed by atoms with van der Waals surface area (Å²) in [5.74, 6) is 0. The predicted octanol–water partition coefficient (Wildman–Crippen LogP) is 0.665. The summed E-state index contributed by atoms with van der Waals surface area (Å²) in [6.45, 7) is 9.87. The molecule has 0 spiro atoms. The van der Waals surface area contributed by atoms with E-state index in [4.69, 9.17) is 21.5 Å². The molecular formula is C11H22BO6PSi. The molecule has 114 valence electrons. The standard InChI is InChI=1S/C11H22BO6PSi/c1-11(2,3)20(4,5)18-9-8(17-19(14)15)7(6-13)16-10(9)12/h7-10,13H,6H2,1-5H3/t7-,8?,9+,10-/m1/s1. The predicted molar refractivity (Wildman–Crippen MR) is 76.1 cm³/mol. The lowest BCUT2D eigenvalue weighted by Crippen LogP contribution is -2.50. The van der Waals surface area contributed by atoms with Gasteiger partial charge in [0.1, 0.15) is 14.0 Å². The Morgan fingerprint density at radius 2 is 1.95 bits per heavy atom. The van der Waals surface area contributed by atoms with Gasteiger partial charge in [0.2, 0.25) is 0 Å². The molecule has 0 saturated carbocycles. The van der Waals surface area contributed by atoms with Crippen LogP contribution in [-0.4, -0.2) is 52.2 Å². The van der Waals surface area contributed by atoms with Gasteiger partial charge in [-0.2, -0.15) is 0 Å². The third kappa shape index (κ3) is 4.10. The largest absolute Gasteiger partial charge is 0.566 e. The average molecular weight is 320 g/mol. The van der Waals surface area contributed by atoms with Gasteiger partial charge in [0, 0.05) is 6.00 Å². The molecule has 6 nitrogen and oxygen atoms in total. The third-order valence-corrected chi connectivity index (χ3v) is 8.86. The fourth-order valence-electron chi connectivity index (χ4n) is 1.78. The molecule has 1 rings (SSSR count). The summed E-state index contributed by atoms with van der Waals surface area (Å²) in [6, 6.07) is -0.818. The number of hydrogen-bond acceptors (Lipinski definition) is 6. The van der Waals surface area contributed by atoms with Crippen molar-refractivity contribution in [1.29, 1.82) is 0 Å². The smallest absolute Gasteiger partial charge is 0.488 e. The van der Waals surface area contributed by atoms with E-state index in [1.807, 2.05) is 13.1 Å². The van der Waals surface area contributed by atoms with Gasteiger partial charge in [0.05, 0.1) is 12.7 Å². The molecule has 0 aliphatic carbocycles. The number of aliphatic hydroxyl groups is 1. The number of aliphatic hydroxyl groups excluding tert-OH is 1. The molecular weight excluding hydrogens is 298 g/mol. The molecule has 2 radical (unpaired) electrons. The maximum atomic E-state index is 10.8. The molecule has 2 unspecified atom stereocenters. The molecule has 1 fully saturated rings. The van der Waals surface area contributed by atoms with Crippen LogP contribution in [0.15, 0.2) is 0 Å². The van der Waals surface area contributed by atoms with Gasteiger partial charge < -0.3 is 19.2 Å². The summed E-state index contributed by atoms with van der Waals surface area (Å²) in [4.78, 5) is 10.8. The Kier molecular flexibility index (Phi) is 5.94. The molecule has 1 N–H and O–H groups in total. The molecule has 0 aromatic rings. The monoisotopic (exact) mass is 320 g/mol. The van der Waals surface area contributed by atoms with Crippen LogP contribution in [0.5, 0.6) is 0 Å². The van der Waals surface area contributed by atoms with E-state index in [-0.39, 0.29) is 11.6 Å². The molecule has 1 heterocycles. The summed E-state index contributed by atoms with van der Waals surface area (Å²) in [5.41, 5.74) is 0. The number of rotatable bonds is 5. The Labute approximate surface area is 123 Å². The van der Waals surface area contributed by atoms with Gasteiger partial charge in [0.15, 0.2) is 14.4 Å². The molecule has 20 heavy (non-hydrogen) atoms. The normalized spacial score (nSPS) is 32.5. The maximum Gasteiger partial charge on any atom is 0.488 e. The quantitative estimate of drug-likeness (QED) is 0.591. The zero-order valence-electron chi connectivity index (χ0n) is 12.5. The third-order valence-electron chi connectivity index (χ3n) is 3.97. The number of ether oxygens (including phenoxy) is 1. The summed E-state index contributed by atoms with van der Waals surface area (Å²) >= 11 is 0. The van der Waals surface area contributed by atoms with Crippen LogP contribution in [0.1, 0.15) is 20.8 Å². The van der Waals surface area contributed by atoms with E-state index in [0.717, 1.165) is 0 Å². The van der Waals surface area contributed by atoms with E-state index < -0.39 is 40.9 Å². The van der Waals surface area contributed by atoms with Gasteiger partial charge in [-0.15, -0.1) is 4.52 Å². The van der Waals surface area contributed by atoms with Crippen molar-refractivity contribution in [3.63, 3.8) is 0 Å². The first kappa shape index (κ1) is 18.2. The lowest BCUT2D eigenvalue weighted by atomic mass is 9.93. The highest BCUT2D eigenvalue weighted by Gasteiger charge is 2.50. The van der Waals surface area contributed by atoms with Crippen LogP contribution in [0, 0.1) is 0 Å². The second-order valence-electron chi connectivity index (χ2n) is 6.46. The van der Waals surface area contributed by atoms with E-state index in [2.05, 4.69) is 20.8 Å². The summed E-state index contributed by atoms with van der Waals surface area (Å²) < 4.78 is 27.1. The van der Waals surface area contributed by atoms with Crippen LogP contribution in [0.4, 0.5) is 0 Å². The molecule has 0 bridgehead atoms. The van der Waals surface area contributed by atoms with Crippen LogP contribution in [0.25, 0.3) is 0 Å². The Morgan fingerprint density at radius 3 is 2.35 bits per heavy atom. The van der Waals surface area contributed by atoms with Crippen molar-refractivity contribution < 1.29 is 28.3 Å². The first-order chi connectivity index (χ1) is 8.99. The van der Waals surface area contributed by atoms with E-state index in [0.29, 0.717) is 0 Å². The minimum absolute atomic E-state index is 0.0613. The van der Waals surface area contributed by atoms with E-state index in [1.54, 1.807) is 0 Å². The van der Waals surface area contributed by atoms with Gasteiger partial charge >= 0.3 is 8.25 Å². The number of hydrogen-bond donors (Lipinski definition) is 1. The molecule has 1 saturated heterocycles. The molecule has 1 aliphatic rings. The van der Waals surface area contributed by atoms with Crippen LogP contribution < -0.4 is 4.89 Å². The van der Waals surface area contributed by atoms with Gasteiger partial charge in [-0.25, -0.2) is 0 Å². The topological polar surface area (TPSA) is 88.0 Å². The second-order valence-corrected chi connectivity index (χ2v) is 11.9. The molecule has 1 aliphatic heterocycles. The fourth-order valence-corrected chi connectivity index (χ4v) is 3.54. The average Bonchev–Trinajstić information content (AvgIpc) is 2.54. The van der Waals surface area contributed by atoms with E-state index in [9.17, 15) is 14.6 Å². The summed E-state index contributed by atoms with van der Waals surface area (Å²) in [5, 5.41) is 9.18. The lowest BCUT2D eigenvalue weighted by molar-refractivity contribution is -0.193. The molecule has 9 heteroatoms. The molecule has 0 aromatic heterocycles. The van der Waals surface area contributed by atoms with Crippen LogP contribution in [-0.2, 0) is 18.3 Å². The zero-order chi connectivity index (χ0) is 15.7. The van der Waals surface area contributed by atoms with Crippen LogP contribution in [0.3, 0.4) is 0 Å². The molecule has 0 amide bonds. The van der Waals surface area contributed by atoms with Crippen molar-refractivity contribution in [2.75, 3.05) is 6.61 Å². The highest BCUT2D eigenvalue weighted by molar-refractivity contribution is 7.30. The highest BCUT2D eigenvalue weighted by Crippen LogP contribution is 2.40. The summed E-state index contributed by atoms with van der Waals surface area (Å²) in [6.07, 6.45) is -2.42. The zero-order valence-corrected chi connectivity index (χ0v) is 14.4. The van der Waals surface area contributed by atoms with E-state index >= 15 is 0 Å². The lowest BCUT2D eigenvalue weighted by Gasteiger charge is -2.39. The fraction of sp³-hybridized carbons (Fsp3) is 1.00. The first-order valence-electron chi connectivity index (χ1n) is 6.50. The SMILES string of the molecule is [B][C@@H]1O[C@H](CO)C(O[P+](=O)[O-])[C@@H]1O[Si](C)(C)C(C)(C)C. The molecule has 0 aromatic carbocycles. The summed E-state index contributed by atoms with van der Waals surface area (Å²) in [7, 11) is 0.613. The minimum Gasteiger partial charge on any atom is -0.566 e. The van der Waals surface area contributed by atoms with Crippen LogP contribution >= 0.6 is 8.25 Å². The van der Waals surface area contributed by atoms with Crippen molar-refractivity contribution in [3.8, 4) is 0 Å². The first-order valence-corrected chi connectivity index (χ1v) is 10.5.